The SMILES string of the molecule is CN1CCOc2c(N[C@H]3CC[C@H](O)CC3)nn3c(-c4cccc(O)c4)nnc3c21. The first-order valence-electron chi connectivity index (χ1n) is 9.97. The van der Waals surface area contributed by atoms with Gasteiger partial charge in [-0.3, -0.25) is 0 Å². The van der Waals surface area contributed by atoms with E-state index >= 15 is 0 Å². The van der Waals surface area contributed by atoms with Gasteiger partial charge in [0, 0.05) is 18.7 Å². The second-order valence-corrected chi connectivity index (χ2v) is 7.76. The van der Waals surface area contributed by atoms with Crippen LogP contribution in [0.1, 0.15) is 25.7 Å². The van der Waals surface area contributed by atoms with Gasteiger partial charge in [-0.25, -0.2) is 0 Å². The summed E-state index contributed by atoms with van der Waals surface area (Å²) in [7, 11) is 2.00. The van der Waals surface area contributed by atoms with Crippen molar-refractivity contribution in [2.45, 2.75) is 37.8 Å². The standard InChI is InChI=1S/C20H24N6O3/c1-25-9-10-29-17-16(25)20-23-22-19(12-3-2-4-15(28)11-12)26(20)24-18(17)21-13-5-7-14(27)8-6-13/h2-4,11,13-14,27-28H,5-10H2,1H3,(H,21,24)/t13-,14-. The molecule has 0 bridgehead atoms. The number of benzene rings is 1. The monoisotopic (exact) mass is 396 g/mol. The van der Waals surface area contributed by atoms with Crippen molar-refractivity contribution in [1.29, 1.82) is 0 Å². The second-order valence-electron chi connectivity index (χ2n) is 7.76. The molecule has 9 nitrogen and oxygen atoms in total. The van der Waals surface area contributed by atoms with Gasteiger partial charge in [-0.05, 0) is 37.8 Å². The van der Waals surface area contributed by atoms with Crippen molar-refractivity contribution in [1.82, 2.24) is 19.8 Å². The van der Waals surface area contributed by atoms with Gasteiger partial charge in [-0.15, -0.1) is 15.3 Å². The van der Waals surface area contributed by atoms with Crippen LogP contribution in [0.2, 0.25) is 0 Å². The molecule has 152 valence electrons. The van der Waals surface area contributed by atoms with Crippen LogP contribution >= 0.6 is 0 Å². The Balaban J connectivity index is 1.63. The van der Waals surface area contributed by atoms with Gasteiger partial charge in [0.1, 0.15) is 18.0 Å². The smallest absolute Gasteiger partial charge is 0.205 e. The van der Waals surface area contributed by atoms with Crippen molar-refractivity contribution in [2.75, 3.05) is 30.4 Å². The third-order valence-corrected chi connectivity index (χ3v) is 5.68. The number of aromatic hydroxyl groups is 1. The first-order valence-corrected chi connectivity index (χ1v) is 9.97. The lowest BCUT2D eigenvalue weighted by atomic mass is 9.93. The zero-order valence-electron chi connectivity index (χ0n) is 16.2. The van der Waals surface area contributed by atoms with Crippen LogP contribution in [0.25, 0.3) is 17.0 Å². The van der Waals surface area contributed by atoms with Crippen molar-refractivity contribution >= 4 is 17.2 Å². The molecular weight excluding hydrogens is 372 g/mol. The average Bonchev–Trinajstić information content (AvgIpc) is 3.13. The number of nitrogens with one attached hydrogen (secondary N) is 1. The maximum atomic E-state index is 9.87. The van der Waals surface area contributed by atoms with Crippen LogP contribution < -0.4 is 15.0 Å². The summed E-state index contributed by atoms with van der Waals surface area (Å²) in [4.78, 5) is 2.10. The van der Waals surface area contributed by atoms with Crippen LogP contribution in [0.15, 0.2) is 24.3 Å². The fourth-order valence-electron chi connectivity index (χ4n) is 4.09. The molecule has 1 aliphatic heterocycles. The van der Waals surface area contributed by atoms with Crippen molar-refractivity contribution in [2.24, 2.45) is 0 Å². The second kappa shape index (κ2) is 7.07. The summed E-state index contributed by atoms with van der Waals surface area (Å²) in [5.74, 6) is 2.06. The molecule has 0 atom stereocenters. The van der Waals surface area contributed by atoms with Gasteiger partial charge in [-0.1, -0.05) is 12.1 Å². The lowest BCUT2D eigenvalue weighted by Gasteiger charge is -2.31. The van der Waals surface area contributed by atoms with Crippen molar-refractivity contribution < 1.29 is 14.9 Å². The zero-order valence-corrected chi connectivity index (χ0v) is 16.2. The average molecular weight is 396 g/mol. The van der Waals surface area contributed by atoms with E-state index in [0.29, 0.717) is 29.6 Å². The summed E-state index contributed by atoms with van der Waals surface area (Å²) in [6, 6.07) is 7.13. The van der Waals surface area contributed by atoms with E-state index in [0.717, 1.165) is 43.5 Å². The highest BCUT2D eigenvalue weighted by Crippen LogP contribution is 2.41. The summed E-state index contributed by atoms with van der Waals surface area (Å²) < 4.78 is 7.70. The fraction of sp³-hybridized carbons (Fsp3) is 0.450. The van der Waals surface area contributed by atoms with E-state index in [9.17, 15) is 10.2 Å². The molecule has 0 amide bonds. The van der Waals surface area contributed by atoms with Gasteiger partial charge in [0.05, 0.1) is 12.6 Å². The number of fused-ring (bicyclic) bond motifs is 3. The van der Waals surface area contributed by atoms with Gasteiger partial charge in [0.15, 0.2) is 17.4 Å². The summed E-state index contributed by atoms with van der Waals surface area (Å²) in [5.41, 5.74) is 2.20. The van der Waals surface area contributed by atoms with Crippen LogP contribution in [0.3, 0.4) is 0 Å². The quantitative estimate of drug-likeness (QED) is 0.617. The number of hydrogen-bond donors (Lipinski definition) is 3. The van der Waals surface area contributed by atoms with E-state index in [4.69, 9.17) is 9.84 Å². The predicted octanol–water partition coefficient (Wildman–Crippen LogP) is 2.04. The third-order valence-electron chi connectivity index (χ3n) is 5.68. The number of aliphatic hydroxyl groups is 1. The number of ether oxygens (including phenoxy) is 1. The zero-order chi connectivity index (χ0) is 20.0. The topological polar surface area (TPSA) is 108 Å². The van der Waals surface area contributed by atoms with E-state index in [1.807, 2.05) is 13.1 Å². The third kappa shape index (κ3) is 3.21. The van der Waals surface area contributed by atoms with Crippen molar-refractivity contribution in [3.8, 4) is 22.9 Å². The molecule has 2 aromatic heterocycles. The molecule has 3 aromatic rings. The van der Waals surface area contributed by atoms with Crippen LogP contribution in [-0.2, 0) is 0 Å². The van der Waals surface area contributed by atoms with Gasteiger partial charge in [0.25, 0.3) is 0 Å². The van der Waals surface area contributed by atoms with Gasteiger partial charge in [-0.2, -0.15) is 4.52 Å². The molecule has 29 heavy (non-hydrogen) atoms. The van der Waals surface area contributed by atoms with E-state index in [1.165, 1.54) is 0 Å². The normalized spacial score (nSPS) is 21.7. The minimum absolute atomic E-state index is 0.164. The van der Waals surface area contributed by atoms with Crippen molar-refractivity contribution in [3.05, 3.63) is 24.3 Å². The van der Waals surface area contributed by atoms with Crippen molar-refractivity contribution in [3.63, 3.8) is 0 Å². The summed E-state index contributed by atoms with van der Waals surface area (Å²) in [6.45, 7) is 1.32. The van der Waals surface area contributed by atoms with Crippen LogP contribution in [0.4, 0.5) is 11.5 Å². The van der Waals surface area contributed by atoms with Gasteiger partial charge >= 0.3 is 0 Å². The predicted molar refractivity (Wildman–Crippen MR) is 109 cm³/mol. The molecular formula is C20H24N6O3. The molecule has 3 N–H and O–H groups in total. The molecule has 0 saturated heterocycles. The maximum absolute atomic E-state index is 9.87. The molecule has 2 aliphatic rings. The molecule has 1 fully saturated rings. The molecule has 1 aromatic carbocycles. The van der Waals surface area contributed by atoms with E-state index in [1.54, 1.807) is 22.7 Å². The molecule has 9 heteroatoms. The highest BCUT2D eigenvalue weighted by molar-refractivity contribution is 5.83. The lowest BCUT2D eigenvalue weighted by molar-refractivity contribution is 0.126. The lowest BCUT2D eigenvalue weighted by Crippen LogP contribution is -2.32. The van der Waals surface area contributed by atoms with Crippen LogP contribution in [0, 0.1) is 0 Å². The molecule has 3 heterocycles. The van der Waals surface area contributed by atoms with E-state index in [2.05, 4.69) is 20.4 Å². The Kier molecular flexibility index (Phi) is 4.39. The highest BCUT2D eigenvalue weighted by Gasteiger charge is 2.29. The molecule has 5 rings (SSSR count). The Morgan fingerprint density at radius 2 is 2.00 bits per heavy atom. The number of hydrogen-bond acceptors (Lipinski definition) is 8. The molecule has 1 saturated carbocycles. The van der Waals surface area contributed by atoms with E-state index < -0.39 is 0 Å². The number of aliphatic hydroxyl groups excluding tert-OH is 1. The fourth-order valence-corrected chi connectivity index (χ4v) is 4.09. The Labute approximate surface area is 167 Å². The minimum Gasteiger partial charge on any atom is -0.508 e. The molecule has 1 aliphatic carbocycles. The number of aromatic nitrogens is 4. The molecule has 0 radical (unpaired) electrons. The maximum Gasteiger partial charge on any atom is 0.205 e. The summed E-state index contributed by atoms with van der Waals surface area (Å²) in [5, 5.41) is 36.7. The van der Waals surface area contributed by atoms with Crippen LogP contribution in [0.5, 0.6) is 11.5 Å². The Morgan fingerprint density at radius 1 is 1.17 bits per heavy atom. The summed E-state index contributed by atoms with van der Waals surface area (Å²) >= 11 is 0. The Hall–Kier alpha value is -3.07. The minimum atomic E-state index is -0.213. The Morgan fingerprint density at radius 3 is 2.79 bits per heavy atom. The number of anilines is 2. The highest BCUT2D eigenvalue weighted by atomic mass is 16.5. The number of rotatable bonds is 3. The first-order chi connectivity index (χ1) is 14.1. The van der Waals surface area contributed by atoms with Gasteiger partial charge < -0.3 is 25.2 Å². The number of phenols is 1. The number of phenolic OH excluding ortho intramolecular Hbond substituents is 1. The first kappa shape index (κ1) is 18.0. The largest absolute Gasteiger partial charge is 0.508 e. The molecule has 0 unspecified atom stereocenters. The number of nitrogens with zero attached hydrogens (tertiary/aromatic N) is 5. The number of likely N-dealkylation sites (N-methyl/N-ethyl adjacent to an activating group) is 1. The summed E-state index contributed by atoms with van der Waals surface area (Å²) in [6.07, 6.45) is 3.11. The molecule has 0 spiro atoms. The van der Waals surface area contributed by atoms with E-state index in [-0.39, 0.29) is 17.9 Å². The van der Waals surface area contributed by atoms with Gasteiger partial charge in [0.2, 0.25) is 5.65 Å². The Bertz CT molecular complexity index is 1040. The van der Waals surface area contributed by atoms with Crippen LogP contribution in [-0.4, -0.2) is 62.4 Å².